The van der Waals surface area contributed by atoms with Crippen molar-refractivity contribution < 1.29 is 18.7 Å². The van der Waals surface area contributed by atoms with E-state index in [1.807, 2.05) is 13.8 Å². The SMILES string of the molecule is CCOCCN(CCOCC)C(=O)c1ccco1. The van der Waals surface area contributed by atoms with Crippen LogP contribution in [-0.2, 0) is 9.47 Å². The quantitative estimate of drug-likeness (QED) is 0.631. The molecule has 0 saturated carbocycles. The molecule has 1 aromatic rings. The first-order chi connectivity index (χ1) is 8.79. The highest BCUT2D eigenvalue weighted by Gasteiger charge is 2.17. The molecule has 5 heteroatoms. The van der Waals surface area contributed by atoms with Gasteiger partial charge in [0, 0.05) is 26.3 Å². The maximum atomic E-state index is 12.1. The molecule has 0 spiro atoms. The van der Waals surface area contributed by atoms with E-state index in [2.05, 4.69) is 0 Å². The van der Waals surface area contributed by atoms with Gasteiger partial charge in [-0.2, -0.15) is 0 Å². The van der Waals surface area contributed by atoms with Crippen LogP contribution in [0.3, 0.4) is 0 Å². The van der Waals surface area contributed by atoms with E-state index in [1.54, 1.807) is 17.0 Å². The molecular weight excluding hydrogens is 234 g/mol. The zero-order valence-electron chi connectivity index (χ0n) is 11.1. The molecule has 0 aromatic carbocycles. The minimum atomic E-state index is -0.126. The standard InChI is InChI=1S/C13H21NO4/c1-3-16-10-7-14(8-11-17-4-2)13(15)12-6-5-9-18-12/h5-6,9H,3-4,7-8,10-11H2,1-2H3. The van der Waals surface area contributed by atoms with E-state index in [0.29, 0.717) is 45.3 Å². The second-order valence-electron chi connectivity index (χ2n) is 3.66. The van der Waals surface area contributed by atoms with Crippen LogP contribution in [-0.4, -0.2) is 50.3 Å². The molecule has 1 aromatic heterocycles. The number of amides is 1. The van der Waals surface area contributed by atoms with E-state index in [1.165, 1.54) is 6.26 Å². The van der Waals surface area contributed by atoms with Gasteiger partial charge in [0.15, 0.2) is 5.76 Å². The zero-order chi connectivity index (χ0) is 13.2. The molecule has 0 fully saturated rings. The minimum absolute atomic E-state index is 0.126. The van der Waals surface area contributed by atoms with Crippen LogP contribution < -0.4 is 0 Å². The fourth-order valence-electron chi connectivity index (χ4n) is 1.51. The molecule has 1 rings (SSSR count). The van der Waals surface area contributed by atoms with Gasteiger partial charge in [0.1, 0.15) is 0 Å². The lowest BCUT2D eigenvalue weighted by atomic mass is 10.3. The van der Waals surface area contributed by atoms with Crippen molar-refractivity contribution in [3.8, 4) is 0 Å². The molecule has 0 bridgehead atoms. The summed E-state index contributed by atoms with van der Waals surface area (Å²) in [4.78, 5) is 13.8. The van der Waals surface area contributed by atoms with Crippen molar-refractivity contribution in [2.75, 3.05) is 39.5 Å². The Hall–Kier alpha value is -1.33. The smallest absolute Gasteiger partial charge is 0.289 e. The Morgan fingerprint density at radius 3 is 2.28 bits per heavy atom. The van der Waals surface area contributed by atoms with Gasteiger partial charge >= 0.3 is 0 Å². The van der Waals surface area contributed by atoms with Crippen molar-refractivity contribution >= 4 is 5.91 Å². The van der Waals surface area contributed by atoms with Gasteiger partial charge in [-0.25, -0.2) is 0 Å². The Balaban J connectivity index is 2.49. The highest BCUT2D eigenvalue weighted by atomic mass is 16.5. The third-order valence-corrected chi connectivity index (χ3v) is 2.44. The molecule has 0 N–H and O–H groups in total. The molecule has 0 aliphatic carbocycles. The Morgan fingerprint density at radius 1 is 1.22 bits per heavy atom. The van der Waals surface area contributed by atoms with Crippen LogP contribution in [0.5, 0.6) is 0 Å². The first-order valence-corrected chi connectivity index (χ1v) is 6.27. The second kappa shape index (κ2) is 8.72. The summed E-state index contributed by atoms with van der Waals surface area (Å²) in [5.74, 6) is 0.224. The van der Waals surface area contributed by atoms with E-state index in [4.69, 9.17) is 13.9 Å². The largest absolute Gasteiger partial charge is 0.459 e. The van der Waals surface area contributed by atoms with Gasteiger partial charge in [0.2, 0.25) is 0 Å². The first kappa shape index (κ1) is 14.7. The summed E-state index contributed by atoms with van der Waals surface area (Å²) in [7, 11) is 0. The van der Waals surface area contributed by atoms with Gasteiger partial charge in [-0.05, 0) is 26.0 Å². The van der Waals surface area contributed by atoms with Crippen LogP contribution in [0, 0.1) is 0 Å². The summed E-state index contributed by atoms with van der Waals surface area (Å²) in [5, 5.41) is 0. The summed E-state index contributed by atoms with van der Waals surface area (Å²) in [5.41, 5.74) is 0. The van der Waals surface area contributed by atoms with Crippen molar-refractivity contribution in [1.29, 1.82) is 0 Å². The predicted octanol–water partition coefficient (Wildman–Crippen LogP) is 1.79. The van der Waals surface area contributed by atoms with Crippen LogP contribution in [0.4, 0.5) is 0 Å². The molecule has 0 atom stereocenters. The lowest BCUT2D eigenvalue weighted by Crippen LogP contribution is -2.36. The molecule has 0 aliphatic rings. The fourth-order valence-corrected chi connectivity index (χ4v) is 1.51. The van der Waals surface area contributed by atoms with Gasteiger partial charge in [-0.3, -0.25) is 4.79 Å². The van der Waals surface area contributed by atoms with Crippen molar-refractivity contribution in [2.24, 2.45) is 0 Å². The van der Waals surface area contributed by atoms with Gasteiger partial charge in [-0.15, -0.1) is 0 Å². The van der Waals surface area contributed by atoms with Gasteiger partial charge in [-0.1, -0.05) is 0 Å². The lowest BCUT2D eigenvalue weighted by molar-refractivity contribution is 0.0524. The van der Waals surface area contributed by atoms with E-state index < -0.39 is 0 Å². The molecule has 1 amide bonds. The van der Waals surface area contributed by atoms with Crippen LogP contribution >= 0.6 is 0 Å². The van der Waals surface area contributed by atoms with Crippen molar-refractivity contribution in [2.45, 2.75) is 13.8 Å². The van der Waals surface area contributed by atoms with Crippen LogP contribution in [0.25, 0.3) is 0 Å². The number of hydrogen-bond donors (Lipinski definition) is 0. The molecule has 0 saturated heterocycles. The number of carbonyl (C=O) groups excluding carboxylic acids is 1. The minimum Gasteiger partial charge on any atom is -0.459 e. The summed E-state index contributed by atoms with van der Waals surface area (Å²) >= 11 is 0. The van der Waals surface area contributed by atoms with E-state index >= 15 is 0 Å². The summed E-state index contributed by atoms with van der Waals surface area (Å²) in [6.07, 6.45) is 1.50. The van der Waals surface area contributed by atoms with E-state index in [9.17, 15) is 4.79 Å². The maximum Gasteiger partial charge on any atom is 0.289 e. The van der Waals surface area contributed by atoms with E-state index in [0.717, 1.165) is 0 Å². The number of furan rings is 1. The Labute approximate surface area is 108 Å². The van der Waals surface area contributed by atoms with Crippen molar-refractivity contribution in [3.63, 3.8) is 0 Å². The topological polar surface area (TPSA) is 51.9 Å². The number of ether oxygens (including phenoxy) is 2. The Bertz CT molecular complexity index is 314. The number of nitrogens with zero attached hydrogens (tertiary/aromatic N) is 1. The van der Waals surface area contributed by atoms with Crippen molar-refractivity contribution in [3.05, 3.63) is 24.2 Å². The van der Waals surface area contributed by atoms with Crippen LogP contribution in [0.15, 0.2) is 22.8 Å². The van der Waals surface area contributed by atoms with Gasteiger partial charge in [0.25, 0.3) is 5.91 Å². The molecule has 0 radical (unpaired) electrons. The average molecular weight is 255 g/mol. The lowest BCUT2D eigenvalue weighted by Gasteiger charge is -2.21. The summed E-state index contributed by atoms with van der Waals surface area (Å²) < 4.78 is 15.7. The third kappa shape index (κ3) is 4.89. The highest BCUT2D eigenvalue weighted by Crippen LogP contribution is 2.05. The monoisotopic (exact) mass is 255 g/mol. The molecule has 102 valence electrons. The first-order valence-electron chi connectivity index (χ1n) is 6.27. The zero-order valence-corrected chi connectivity index (χ0v) is 11.1. The summed E-state index contributed by atoms with van der Waals surface area (Å²) in [6, 6.07) is 3.37. The van der Waals surface area contributed by atoms with Gasteiger partial charge < -0.3 is 18.8 Å². The molecule has 18 heavy (non-hydrogen) atoms. The predicted molar refractivity (Wildman–Crippen MR) is 67.6 cm³/mol. The molecule has 0 aliphatic heterocycles. The summed E-state index contributed by atoms with van der Waals surface area (Å²) in [6.45, 7) is 7.28. The number of hydrogen-bond acceptors (Lipinski definition) is 4. The third-order valence-electron chi connectivity index (χ3n) is 2.44. The fraction of sp³-hybridized carbons (Fsp3) is 0.615. The Morgan fingerprint density at radius 2 is 1.83 bits per heavy atom. The Kier molecular flexibility index (Phi) is 7.13. The number of rotatable bonds is 9. The second-order valence-corrected chi connectivity index (χ2v) is 3.66. The number of carbonyl (C=O) groups is 1. The van der Waals surface area contributed by atoms with Crippen LogP contribution in [0.2, 0.25) is 0 Å². The van der Waals surface area contributed by atoms with E-state index in [-0.39, 0.29) is 5.91 Å². The van der Waals surface area contributed by atoms with Gasteiger partial charge in [0.05, 0.1) is 19.5 Å². The average Bonchev–Trinajstić information content (AvgIpc) is 2.90. The van der Waals surface area contributed by atoms with Crippen molar-refractivity contribution in [1.82, 2.24) is 4.90 Å². The van der Waals surface area contributed by atoms with Crippen LogP contribution in [0.1, 0.15) is 24.4 Å². The molecule has 0 unspecified atom stereocenters. The molecular formula is C13H21NO4. The molecule has 5 nitrogen and oxygen atoms in total. The normalized spacial score (nSPS) is 10.6. The highest BCUT2D eigenvalue weighted by molar-refractivity contribution is 5.91. The molecule has 1 heterocycles. The maximum absolute atomic E-state index is 12.1.